The van der Waals surface area contributed by atoms with E-state index in [9.17, 15) is 0 Å². The van der Waals surface area contributed by atoms with Crippen LogP contribution in [0.15, 0.2) is 45.9 Å². The van der Waals surface area contributed by atoms with Crippen LogP contribution in [0.5, 0.6) is 0 Å². The van der Waals surface area contributed by atoms with Gasteiger partial charge in [-0.2, -0.15) is 0 Å². The van der Waals surface area contributed by atoms with E-state index < -0.39 is 0 Å². The first-order chi connectivity index (χ1) is 7.31. The van der Waals surface area contributed by atoms with E-state index in [4.69, 9.17) is 4.42 Å². The molecule has 2 rings (SSSR count). The van der Waals surface area contributed by atoms with Crippen molar-refractivity contribution in [3.05, 3.63) is 42.3 Å². The maximum atomic E-state index is 5.68. The molecule has 0 amide bonds. The zero-order valence-electron chi connectivity index (χ0n) is 8.90. The number of fused-ring (bicyclic) bond motifs is 1. The van der Waals surface area contributed by atoms with Crippen molar-refractivity contribution in [1.29, 1.82) is 0 Å². The third kappa shape index (κ3) is 1.99. The molecule has 76 valence electrons. The van der Waals surface area contributed by atoms with E-state index in [0.29, 0.717) is 0 Å². The Balaban J connectivity index is 2.44. The third-order valence-corrected chi connectivity index (χ3v) is 2.23. The van der Waals surface area contributed by atoms with Crippen LogP contribution in [0.4, 0.5) is 0 Å². The minimum atomic E-state index is 0.877. The molecule has 1 heterocycles. The van der Waals surface area contributed by atoms with Gasteiger partial charge >= 0.3 is 0 Å². The van der Waals surface area contributed by atoms with E-state index in [2.05, 4.69) is 4.99 Å². The second-order valence-corrected chi connectivity index (χ2v) is 3.37. The summed E-state index contributed by atoms with van der Waals surface area (Å²) in [4.78, 5) is 4.07. The van der Waals surface area contributed by atoms with Crippen molar-refractivity contribution in [2.45, 2.75) is 13.8 Å². The molecule has 1 aromatic heterocycles. The van der Waals surface area contributed by atoms with E-state index >= 15 is 0 Å². The average molecular weight is 199 g/mol. The quantitative estimate of drug-likeness (QED) is 0.674. The SMILES string of the molecule is CC=N/C=C(\C)c1cc2ccccc2o1. The molecule has 1 aromatic carbocycles. The highest BCUT2D eigenvalue weighted by molar-refractivity contribution is 5.81. The first-order valence-corrected chi connectivity index (χ1v) is 4.95. The summed E-state index contributed by atoms with van der Waals surface area (Å²) in [5.41, 5.74) is 1.95. The zero-order chi connectivity index (χ0) is 10.7. The Morgan fingerprint density at radius 1 is 1.33 bits per heavy atom. The van der Waals surface area contributed by atoms with Crippen LogP contribution in [-0.2, 0) is 0 Å². The number of aliphatic imine (C=N–C) groups is 1. The van der Waals surface area contributed by atoms with Gasteiger partial charge in [0.25, 0.3) is 0 Å². The van der Waals surface area contributed by atoms with Crippen molar-refractivity contribution in [3.8, 4) is 0 Å². The van der Waals surface area contributed by atoms with Crippen LogP contribution in [0.1, 0.15) is 19.6 Å². The highest BCUT2D eigenvalue weighted by Crippen LogP contribution is 2.23. The predicted molar refractivity (Wildman–Crippen MR) is 64.0 cm³/mol. The minimum absolute atomic E-state index is 0.877. The molecule has 2 heteroatoms. The fourth-order valence-corrected chi connectivity index (χ4v) is 1.43. The molecule has 0 atom stereocenters. The molecule has 0 aliphatic rings. The standard InChI is InChI=1S/C13H13NO/c1-3-14-9-10(2)13-8-11-6-4-5-7-12(11)15-13/h3-9H,1-2H3/b10-9+,14-3?. The van der Waals surface area contributed by atoms with Crippen molar-refractivity contribution < 1.29 is 4.42 Å². The Labute approximate surface area is 88.9 Å². The molecule has 0 bridgehead atoms. The number of nitrogens with zero attached hydrogens (tertiary/aromatic N) is 1. The molecule has 0 saturated carbocycles. The van der Waals surface area contributed by atoms with Gasteiger partial charge in [0.05, 0.1) is 0 Å². The summed E-state index contributed by atoms with van der Waals surface area (Å²) in [5.74, 6) is 0.877. The first-order valence-electron chi connectivity index (χ1n) is 4.95. The van der Waals surface area contributed by atoms with Gasteiger partial charge in [-0.15, -0.1) is 0 Å². The van der Waals surface area contributed by atoms with Crippen LogP contribution < -0.4 is 0 Å². The highest BCUT2D eigenvalue weighted by atomic mass is 16.3. The zero-order valence-corrected chi connectivity index (χ0v) is 8.90. The average Bonchev–Trinajstić information content (AvgIpc) is 2.69. The lowest BCUT2D eigenvalue weighted by atomic mass is 10.2. The van der Waals surface area contributed by atoms with Gasteiger partial charge in [0, 0.05) is 23.4 Å². The van der Waals surface area contributed by atoms with Gasteiger partial charge in [-0.05, 0) is 26.0 Å². The van der Waals surface area contributed by atoms with Crippen LogP contribution in [0.2, 0.25) is 0 Å². The fraction of sp³-hybridized carbons (Fsp3) is 0.154. The van der Waals surface area contributed by atoms with E-state index in [1.165, 1.54) is 0 Å². The summed E-state index contributed by atoms with van der Waals surface area (Å²) < 4.78 is 5.68. The molecular weight excluding hydrogens is 186 g/mol. The molecule has 2 aromatic rings. The van der Waals surface area contributed by atoms with E-state index in [1.807, 2.05) is 44.2 Å². The third-order valence-electron chi connectivity index (χ3n) is 2.23. The smallest absolute Gasteiger partial charge is 0.134 e. The monoisotopic (exact) mass is 199 g/mol. The van der Waals surface area contributed by atoms with Crippen molar-refractivity contribution >= 4 is 22.8 Å². The van der Waals surface area contributed by atoms with E-state index in [0.717, 1.165) is 22.3 Å². The highest BCUT2D eigenvalue weighted by Gasteiger charge is 2.03. The summed E-state index contributed by atoms with van der Waals surface area (Å²) in [6.45, 7) is 3.88. The normalized spacial score (nSPS) is 12.8. The lowest BCUT2D eigenvalue weighted by Crippen LogP contribution is -1.71. The summed E-state index contributed by atoms with van der Waals surface area (Å²) in [6.07, 6.45) is 3.56. The van der Waals surface area contributed by atoms with Crippen molar-refractivity contribution in [2.24, 2.45) is 4.99 Å². The number of furan rings is 1. The Kier molecular flexibility index (Phi) is 2.68. The Morgan fingerprint density at radius 2 is 2.13 bits per heavy atom. The van der Waals surface area contributed by atoms with Crippen LogP contribution in [-0.4, -0.2) is 6.21 Å². The van der Waals surface area contributed by atoms with Crippen molar-refractivity contribution in [2.75, 3.05) is 0 Å². The van der Waals surface area contributed by atoms with E-state index in [-0.39, 0.29) is 0 Å². The lowest BCUT2D eigenvalue weighted by molar-refractivity contribution is 0.599. The van der Waals surface area contributed by atoms with Gasteiger partial charge in [-0.3, -0.25) is 4.99 Å². The number of para-hydroxylation sites is 1. The van der Waals surface area contributed by atoms with Crippen LogP contribution in [0.25, 0.3) is 16.5 Å². The maximum absolute atomic E-state index is 5.68. The molecule has 0 radical (unpaired) electrons. The molecule has 0 N–H and O–H groups in total. The van der Waals surface area contributed by atoms with Crippen LogP contribution >= 0.6 is 0 Å². The van der Waals surface area contributed by atoms with Crippen molar-refractivity contribution in [3.63, 3.8) is 0 Å². The molecule has 0 fully saturated rings. The fourth-order valence-electron chi connectivity index (χ4n) is 1.43. The molecule has 0 unspecified atom stereocenters. The summed E-state index contributed by atoms with van der Waals surface area (Å²) in [6, 6.07) is 10.0. The topological polar surface area (TPSA) is 25.5 Å². The summed E-state index contributed by atoms with van der Waals surface area (Å²) >= 11 is 0. The van der Waals surface area contributed by atoms with Gasteiger partial charge in [-0.25, -0.2) is 0 Å². The Bertz CT molecular complexity index is 487. The number of benzene rings is 1. The lowest BCUT2D eigenvalue weighted by Gasteiger charge is -1.91. The molecule has 0 aliphatic heterocycles. The Hall–Kier alpha value is -1.83. The number of allylic oxidation sites excluding steroid dienone is 1. The maximum Gasteiger partial charge on any atom is 0.134 e. The van der Waals surface area contributed by atoms with Crippen LogP contribution in [0, 0.1) is 0 Å². The van der Waals surface area contributed by atoms with Gasteiger partial charge in [0.1, 0.15) is 11.3 Å². The number of rotatable bonds is 2. The number of hydrogen-bond acceptors (Lipinski definition) is 2. The van der Waals surface area contributed by atoms with Gasteiger partial charge in [-0.1, -0.05) is 18.2 Å². The van der Waals surface area contributed by atoms with Gasteiger partial charge in [0.2, 0.25) is 0 Å². The molecule has 2 nitrogen and oxygen atoms in total. The van der Waals surface area contributed by atoms with Gasteiger partial charge in [0.15, 0.2) is 0 Å². The molecule has 0 saturated heterocycles. The van der Waals surface area contributed by atoms with Crippen LogP contribution in [0.3, 0.4) is 0 Å². The predicted octanol–water partition coefficient (Wildman–Crippen LogP) is 3.88. The Morgan fingerprint density at radius 3 is 2.87 bits per heavy atom. The van der Waals surface area contributed by atoms with Crippen molar-refractivity contribution in [1.82, 2.24) is 0 Å². The summed E-state index contributed by atoms with van der Waals surface area (Å²) in [5, 5.41) is 1.13. The van der Waals surface area contributed by atoms with Gasteiger partial charge < -0.3 is 4.42 Å². The molecule has 0 aliphatic carbocycles. The first kappa shape index (κ1) is 9.71. The van der Waals surface area contributed by atoms with E-state index in [1.54, 1.807) is 12.4 Å². The molecule has 0 spiro atoms. The summed E-state index contributed by atoms with van der Waals surface area (Å²) in [7, 11) is 0. The second kappa shape index (κ2) is 4.13. The largest absolute Gasteiger partial charge is 0.456 e. The molecular formula is C13H13NO. The minimum Gasteiger partial charge on any atom is -0.456 e. The molecule has 15 heavy (non-hydrogen) atoms. The number of hydrogen-bond donors (Lipinski definition) is 0. The second-order valence-electron chi connectivity index (χ2n) is 3.37.